The van der Waals surface area contributed by atoms with E-state index in [1.165, 1.54) is 32.5 Å². The molecule has 1 aliphatic heterocycles. The first kappa shape index (κ1) is 8.28. The molecule has 0 bridgehead atoms. The smallest absolute Gasteiger partial charge is 0.00160 e. The van der Waals surface area contributed by atoms with Crippen molar-refractivity contribution in [2.45, 2.75) is 26.7 Å². The highest BCUT2D eigenvalue weighted by atomic mass is 15.2. The zero-order valence-corrected chi connectivity index (χ0v) is 8.87. The predicted molar refractivity (Wildman–Crippen MR) is 54.5 cm³/mol. The van der Waals surface area contributed by atoms with Crippen molar-refractivity contribution in [3.8, 4) is 0 Å². The monoisotopic (exact) mass is 179 g/mol. The molecule has 1 heteroatoms. The van der Waals surface area contributed by atoms with E-state index in [1.807, 2.05) is 0 Å². The van der Waals surface area contributed by atoms with Crippen LogP contribution in [0.5, 0.6) is 0 Å². The highest BCUT2D eigenvalue weighted by Gasteiger charge is 2.56. The number of piperidine rings is 1. The molecule has 3 atom stereocenters. The van der Waals surface area contributed by atoms with Crippen LogP contribution in [0.15, 0.2) is 0 Å². The van der Waals surface area contributed by atoms with Gasteiger partial charge in [0.25, 0.3) is 0 Å². The van der Waals surface area contributed by atoms with Crippen molar-refractivity contribution in [2.75, 3.05) is 19.6 Å². The third kappa shape index (κ3) is 1.41. The molecule has 0 aromatic rings. The van der Waals surface area contributed by atoms with Crippen LogP contribution in [-0.4, -0.2) is 24.5 Å². The van der Waals surface area contributed by atoms with Crippen molar-refractivity contribution in [3.63, 3.8) is 0 Å². The van der Waals surface area contributed by atoms with Gasteiger partial charge in [0.1, 0.15) is 0 Å². The van der Waals surface area contributed by atoms with Crippen molar-refractivity contribution in [2.24, 2.45) is 29.6 Å². The van der Waals surface area contributed by atoms with Gasteiger partial charge >= 0.3 is 0 Å². The highest BCUT2D eigenvalue weighted by molar-refractivity contribution is 5.06. The summed E-state index contributed by atoms with van der Waals surface area (Å²) in [6.45, 7) is 9.09. The van der Waals surface area contributed by atoms with Crippen LogP contribution in [0.4, 0.5) is 0 Å². The van der Waals surface area contributed by atoms with Gasteiger partial charge in [-0.2, -0.15) is 0 Å². The van der Waals surface area contributed by atoms with Gasteiger partial charge in [-0.3, -0.25) is 0 Å². The van der Waals surface area contributed by atoms with Crippen LogP contribution in [0.1, 0.15) is 26.7 Å². The number of nitrogens with zero attached hydrogens (tertiary/aromatic N) is 1. The van der Waals surface area contributed by atoms with Gasteiger partial charge in [0.15, 0.2) is 0 Å². The van der Waals surface area contributed by atoms with Crippen molar-refractivity contribution < 1.29 is 0 Å². The van der Waals surface area contributed by atoms with Crippen molar-refractivity contribution in [1.82, 2.24) is 4.90 Å². The molecule has 1 nitrogen and oxygen atoms in total. The Kier molecular flexibility index (Phi) is 1.74. The van der Waals surface area contributed by atoms with Gasteiger partial charge in [-0.1, -0.05) is 13.8 Å². The van der Waals surface area contributed by atoms with Gasteiger partial charge in [-0.15, -0.1) is 0 Å². The topological polar surface area (TPSA) is 3.24 Å². The lowest BCUT2D eigenvalue weighted by Crippen LogP contribution is -2.27. The molecule has 3 rings (SSSR count). The van der Waals surface area contributed by atoms with Crippen LogP contribution in [0.3, 0.4) is 0 Å². The third-order valence-electron chi connectivity index (χ3n) is 4.32. The van der Waals surface area contributed by atoms with E-state index >= 15 is 0 Å². The molecule has 3 fully saturated rings. The van der Waals surface area contributed by atoms with Crippen molar-refractivity contribution in [1.29, 1.82) is 0 Å². The molecule has 0 aromatic carbocycles. The molecule has 0 spiro atoms. The molecule has 0 N–H and O–H groups in total. The van der Waals surface area contributed by atoms with E-state index in [0.29, 0.717) is 0 Å². The maximum absolute atomic E-state index is 2.73. The molecule has 0 radical (unpaired) electrons. The van der Waals surface area contributed by atoms with Crippen LogP contribution < -0.4 is 0 Å². The fraction of sp³-hybridized carbons (Fsp3) is 1.00. The number of rotatable bonds is 3. The minimum atomic E-state index is 0.943. The zero-order chi connectivity index (χ0) is 9.00. The molecule has 2 aliphatic carbocycles. The van der Waals surface area contributed by atoms with Crippen LogP contribution in [0.2, 0.25) is 0 Å². The Morgan fingerprint density at radius 2 is 1.77 bits per heavy atom. The van der Waals surface area contributed by atoms with Gasteiger partial charge in [0.05, 0.1) is 0 Å². The lowest BCUT2D eigenvalue weighted by Gasteiger charge is -2.20. The summed E-state index contributed by atoms with van der Waals surface area (Å²) in [6.07, 6.45) is 3.03. The number of likely N-dealkylation sites (tertiary alicyclic amines) is 1. The van der Waals surface area contributed by atoms with Crippen molar-refractivity contribution in [3.05, 3.63) is 0 Å². The number of hydrogen-bond donors (Lipinski definition) is 0. The number of fused-ring (bicyclic) bond motifs is 1. The fourth-order valence-electron chi connectivity index (χ4n) is 3.46. The van der Waals surface area contributed by atoms with E-state index < -0.39 is 0 Å². The molecule has 13 heavy (non-hydrogen) atoms. The second-order valence-corrected chi connectivity index (χ2v) is 5.81. The Balaban J connectivity index is 1.49. The molecule has 0 aromatic heterocycles. The Hall–Kier alpha value is -0.0400. The first-order valence-corrected chi connectivity index (χ1v) is 5.98. The summed E-state index contributed by atoms with van der Waals surface area (Å²) < 4.78 is 0. The lowest BCUT2D eigenvalue weighted by molar-refractivity contribution is 0.259. The Bertz CT molecular complexity index is 195. The first-order chi connectivity index (χ1) is 6.25. The average Bonchev–Trinajstić information content (AvgIpc) is 2.93. The summed E-state index contributed by atoms with van der Waals surface area (Å²) in [4.78, 5) is 2.73. The molecular formula is C12H21N. The second-order valence-electron chi connectivity index (χ2n) is 5.81. The summed E-state index contributed by atoms with van der Waals surface area (Å²) in [5.41, 5.74) is 0. The predicted octanol–water partition coefficient (Wildman–Crippen LogP) is 2.23. The zero-order valence-electron chi connectivity index (χ0n) is 8.87. The lowest BCUT2D eigenvalue weighted by atomic mass is 10.0. The Labute approximate surface area is 81.5 Å². The quantitative estimate of drug-likeness (QED) is 0.642. The number of hydrogen-bond acceptors (Lipinski definition) is 1. The molecule has 74 valence electrons. The molecule has 3 aliphatic rings. The Morgan fingerprint density at radius 1 is 1.15 bits per heavy atom. The van der Waals surface area contributed by atoms with Gasteiger partial charge in [0.2, 0.25) is 0 Å². The van der Waals surface area contributed by atoms with Gasteiger partial charge in [-0.25, -0.2) is 0 Å². The first-order valence-electron chi connectivity index (χ1n) is 5.98. The summed E-state index contributed by atoms with van der Waals surface area (Å²) >= 11 is 0. The normalized spacial score (nSPS) is 44.1. The van der Waals surface area contributed by atoms with E-state index in [-0.39, 0.29) is 0 Å². The molecule has 1 heterocycles. The Morgan fingerprint density at radius 3 is 2.23 bits per heavy atom. The van der Waals surface area contributed by atoms with Crippen LogP contribution in [0, 0.1) is 29.6 Å². The van der Waals surface area contributed by atoms with Crippen LogP contribution >= 0.6 is 0 Å². The molecule has 1 unspecified atom stereocenters. The minimum Gasteiger partial charge on any atom is -0.302 e. The van der Waals surface area contributed by atoms with E-state index in [2.05, 4.69) is 18.7 Å². The van der Waals surface area contributed by atoms with Crippen LogP contribution in [-0.2, 0) is 0 Å². The van der Waals surface area contributed by atoms with Gasteiger partial charge in [0, 0.05) is 19.6 Å². The summed E-state index contributed by atoms with van der Waals surface area (Å²) in [5.74, 6) is 5.32. The van der Waals surface area contributed by atoms with Crippen molar-refractivity contribution >= 4 is 0 Å². The minimum absolute atomic E-state index is 0.943. The summed E-state index contributed by atoms with van der Waals surface area (Å²) in [6, 6.07) is 0. The maximum atomic E-state index is 2.73. The second kappa shape index (κ2) is 2.73. The van der Waals surface area contributed by atoms with E-state index in [4.69, 9.17) is 0 Å². The molecular weight excluding hydrogens is 158 g/mol. The largest absolute Gasteiger partial charge is 0.302 e. The molecule has 0 amide bonds. The standard InChI is InChI=1S/C12H21N/c1-8(2)12-10-6-13(7-11(10)12)5-9-3-4-9/h8-12H,3-7H2,1-2H3/t10-,11+,12?. The molecule has 2 saturated carbocycles. The van der Waals surface area contributed by atoms with Crippen LogP contribution in [0.25, 0.3) is 0 Å². The summed E-state index contributed by atoms with van der Waals surface area (Å²) in [7, 11) is 0. The summed E-state index contributed by atoms with van der Waals surface area (Å²) in [5, 5.41) is 0. The fourth-order valence-corrected chi connectivity index (χ4v) is 3.46. The SMILES string of the molecule is CC(C)C1[C@H]2CN(CC3CC3)C[C@@H]12. The van der Waals surface area contributed by atoms with E-state index in [9.17, 15) is 0 Å². The third-order valence-corrected chi connectivity index (χ3v) is 4.32. The van der Waals surface area contributed by atoms with E-state index in [0.717, 1.165) is 29.6 Å². The molecule has 1 saturated heterocycles. The maximum Gasteiger partial charge on any atom is 0.00160 e. The van der Waals surface area contributed by atoms with Gasteiger partial charge < -0.3 is 4.90 Å². The average molecular weight is 179 g/mol. The van der Waals surface area contributed by atoms with Gasteiger partial charge in [-0.05, 0) is 42.4 Å². The highest BCUT2D eigenvalue weighted by Crippen LogP contribution is 2.55. The van der Waals surface area contributed by atoms with E-state index in [1.54, 1.807) is 0 Å².